The van der Waals surface area contributed by atoms with Gasteiger partial charge in [0.25, 0.3) is 5.91 Å². The van der Waals surface area contributed by atoms with E-state index in [0.717, 1.165) is 4.47 Å². The molecule has 0 saturated carbocycles. The van der Waals surface area contributed by atoms with Crippen LogP contribution in [0.4, 0.5) is 5.95 Å². The zero-order chi connectivity index (χ0) is 12.3. The van der Waals surface area contributed by atoms with Crippen LogP contribution < -0.4 is 10.1 Å². The number of nitrogens with zero attached hydrogens (tertiary/aromatic N) is 3. The Balaban J connectivity index is 2.11. The Morgan fingerprint density at radius 1 is 1.53 bits per heavy atom. The summed E-state index contributed by atoms with van der Waals surface area (Å²) in [6.07, 6.45) is 3.04. The van der Waals surface area contributed by atoms with Crippen LogP contribution in [0.5, 0.6) is 6.01 Å². The highest BCUT2D eigenvalue weighted by molar-refractivity contribution is 9.10. The number of pyridine rings is 1. The topological polar surface area (TPSA) is 92.8 Å². The first-order chi connectivity index (χ1) is 8.19. The van der Waals surface area contributed by atoms with Crippen LogP contribution in [-0.4, -0.2) is 33.2 Å². The molecule has 0 bridgehead atoms. The molecule has 2 heterocycles. The van der Waals surface area contributed by atoms with E-state index in [4.69, 9.17) is 4.74 Å². The average Bonchev–Trinajstić information content (AvgIpc) is 2.77. The number of halogens is 1. The maximum absolute atomic E-state index is 11.8. The Morgan fingerprint density at radius 2 is 2.35 bits per heavy atom. The molecule has 0 aliphatic carbocycles. The van der Waals surface area contributed by atoms with Crippen molar-refractivity contribution >= 4 is 27.8 Å². The number of hydrogen-bond acceptors (Lipinski definition) is 5. The van der Waals surface area contributed by atoms with Gasteiger partial charge in [-0.2, -0.15) is 4.98 Å². The van der Waals surface area contributed by atoms with Crippen molar-refractivity contribution in [2.75, 3.05) is 12.4 Å². The predicted molar refractivity (Wildman–Crippen MR) is 62.8 cm³/mol. The SMILES string of the molecule is COc1n[nH]c(NC(=O)c2cncc(Br)c2)n1. The van der Waals surface area contributed by atoms with Crippen molar-refractivity contribution in [3.63, 3.8) is 0 Å². The fraction of sp³-hybridized carbons (Fsp3) is 0.111. The fourth-order valence-corrected chi connectivity index (χ4v) is 1.47. The van der Waals surface area contributed by atoms with Crippen molar-refractivity contribution in [2.45, 2.75) is 0 Å². The molecule has 2 aromatic heterocycles. The van der Waals surface area contributed by atoms with E-state index in [1.165, 1.54) is 13.3 Å². The monoisotopic (exact) mass is 297 g/mol. The summed E-state index contributed by atoms with van der Waals surface area (Å²) in [7, 11) is 1.44. The smallest absolute Gasteiger partial charge is 0.336 e. The number of rotatable bonds is 3. The molecule has 0 aliphatic rings. The van der Waals surface area contributed by atoms with Gasteiger partial charge in [0.2, 0.25) is 5.95 Å². The van der Waals surface area contributed by atoms with Gasteiger partial charge in [-0.05, 0) is 22.0 Å². The van der Waals surface area contributed by atoms with Crippen LogP contribution in [0.3, 0.4) is 0 Å². The molecule has 88 valence electrons. The molecule has 1 amide bonds. The number of carbonyl (C=O) groups is 1. The lowest BCUT2D eigenvalue weighted by molar-refractivity contribution is 0.102. The maximum atomic E-state index is 11.8. The lowest BCUT2D eigenvalue weighted by Crippen LogP contribution is -2.13. The summed E-state index contributed by atoms with van der Waals surface area (Å²) in [6.45, 7) is 0. The first-order valence-corrected chi connectivity index (χ1v) is 5.36. The predicted octanol–water partition coefficient (Wildman–Crippen LogP) is 1.22. The number of hydrogen-bond donors (Lipinski definition) is 2. The molecule has 0 saturated heterocycles. The van der Waals surface area contributed by atoms with Gasteiger partial charge in [0.1, 0.15) is 0 Å². The van der Waals surface area contributed by atoms with Crippen LogP contribution in [0, 0.1) is 0 Å². The van der Waals surface area contributed by atoms with E-state index in [9.17, 15) is 4.79 Å². The van der Waals surface area contributed by atoms with Crippen molar-refractivity contribution in [2.24, 2.45) is 0 Å². The Bertz CT molecular complexity index is 542. The zero-order valence-electron chi connectivity index (χ0n) is 8.77. The second-order valence-electron chi connectivity index (χ2n) is 3.02. The molecule has 0 aliphatic heterocycles. The number of nitrogens with one attached hydrogen (secondary N) is 2. The van der Waals surface area contributed by atoms with E-state index < -0.39 is 0 Å². The number of methoxy groups -OCH3 is 1. The normalized spacial score (nSPS) is 10.0. The van der Waals surface area contributed by atoms with E-state index in [0.29, 0.717) is 5.56 Å². The minimum Gasteiger partial charge on any atom is -0.466 e. The van der Waals surface area contributed by atoms with Crippen LogP contribution in [-0.2, 0) is 0 Å². The molecule has 0 atom stereocenters. The van der Waals surface area contributed by atoms with Gasteiger partial charge < -0.3 is 4.74 Å². The molecule has 0 radical (unpaired) electrons. The largest absolute Gasteiger partial charge is 0.466 e. The third kappa shape index (κ3) is 2.78. The molecule has 8 heteroatoms. The summed E-state index contributed by atoms with van der Waals surface area (Å²) in [5.41, 5.74) is 0.412. The Labute approximate surface area is 105 Å². The first kappa shape index (κ1) is 11.5. The first-order valence-electron chi connectivity index (χ1n) is 4.57. The van der Waals surface area contributed by atoms with E-state index in [1.54, 1.807) is 12.3 Å². The number of anilines is 1. The quantitative estimate of drug-likeness (QED) is 0.889. The van der Waals surface area contributed by atoms with Gasteiger partial charge in [-0.3, -0.25) is 15.1 Å². The van der Waals surface area contributed by atoms with Gasteiger partial charge >= 0.3 is 6.01 Å². The van der Waals surface area contributed by atoms with E-state index >= 15 is 0 Å². The number of amides is 1. The van der Waals surface area contributed by atoms with E-state index in [-0.39, 0.29) is 17.9 Å². The van der Waals surface area contributed by atoms with Crippen molar-refractivity contribution < 1.29 is 9.53 Å². The highest BCUT2D eigenvalue weighted by Crippen LogP contribution is 2.11. The van der Waals surface area contributed by atoms with Gasteiger partial charge in [-0.25, -0.2) is 5.10 Å². The maximum Gasteiger partial charge on any atom is 0.336 e. The average molecular weight is 298 g/mol. The molecule has 7 nitrogen and oxygen atoms in total. The molecule has 0 spiro atoms. The third-order valence-corrected chi connectivity index (χ3v) is 2.28. The van der Waals surface area contributed by atoms with Gasteiger partial charge in [-0.1, -0.05) is 0 Å². The van der Waals surface area contributed by atoms with Gasteiger partial charge in [0.05, 0.1) is 12.7 Å². The highest BCUT2D eigenvalue weighted by atomic mass is 79.9. The summed E-state index contributed by atoms with van der Waals surface area (Å²) in [6, 6.07) is 1.81. The molecule has 17 heavy (non-hydrogen) atoms. The summed E-state index contributed by atoms with van der Waals surface area (Å²) >= 11 is 3.23. The number of H-pyrrole nitrogens is 1. The molecule has 2 rings (SSSR count). The van der Waals surface area contributed by atoms with Crippen LogP contribution in [0.25, 0.3) is 0 Å². The minimum absolute atomic E-state index is 0.160. The van der Waals surface area contributed by atoms with Crippen molar-refractivity contribution in [1.82, 2.24) is 20.2 Å². The molecule has 0 fully saturated rings. The van der Waals surface area contributed by atoms with Gasteiger partial charge in [0.15, 0.2) is 0 Å². The van der Waals surface area contributed by atoms with Crippen molar-refractivity contribution in [1.29, 1.82) is 0 Å². The molecule has 0 aromatic carbocycles. The lowest BCUT2D eigenvalue weighted by atomic mass is 10.3. The Hall–Kier alpha value is -1.96. The molecule has 2 N–H and O–H groups in total. The number of ether oxygens (including phenoxy) is 1. The highest BCUT2D eigenvalue weighted by Gasteiger charge is 2.10. The van der Waals surface area contributed by atoms with Crippen molar-refractivity contribution in [3.05, 3.63) is 28.5 Å². The molecule has 2 aromatic rings. The number of aromatic amines is 1. The summed E-state index contributed by atoms with van der Waals surface area (Å²) in [5, 5.41) is 8.75. The fourth-order valence-electron chi connectivity index (χ4n) is 1.11. The van der Waals surface area contributed by atoms with Gasteiger partial charge in [0, 0.05) is 16.9 Å². The van der Waals surface area contributed by atoms with Crippen LogP contribution in [0.15, 0.2) is 22.9 Å². The molecule has 0 unspecified atom stereocenters. The number of carbonyl (C=O) groups excluding carboxylic acids is 1. The lowest BCUT2D eigenvalue weighted by Gasteiger charge is -2.00. The van der Waals surface area contributed by atoms with Crippen LogP contribution in [0.1, 0.15) is 10.4 Å². The minimum atomic E-state index is -0.336. The van der Waals surface area contributed by atoms with Crippen LogP contribution >= 0.6 is 15.9 Å². The van der Waals surface area contributed by atoms with E-state index in [1.807, 2.05) is 0 Å². The standard InChI is InChI=1S/C9H8BrN5O2/c1-17-9-13-8(14-15-9)12-7(16)5-2-6(10)4-11-3-5/h2-4H,1H3,(H2,12,13,14,15,16). The van der Waals surface area contributed by atoms with E-state index in [2.05, 4.69) is 41.4 Å². The number of aromatic nitrogens is 4. The van der Waals surface area contributed by atoms with Crippen LogP contribution in [0.2, 0.25) is 0 Å². The second-order valence-corrected chi connectivity index (χ2v) is 3.93. The summed E-state index contributed by atoms with van der Waals surface area (Å²) in [4.78, 5) is 19.5. The molecular weight excluding hydrogens is 290 g/mol. The third-order valence-electron chi connectivity index (χ3n) is 1.85. The summed E-state index contributed by atoms with van der Waals surface area (Å²) < 4.78 is 5.50. The Morgan fingerprint density at radius 3 is 3.00 bits per heavy atom. The van der Waals surface area contributed by atoms with Gasteiger partial charge in [-0.15, -0.1) is 5.10 Å². The second kappa shape index (κ2) is 4.91. The molecular formula is C9H8BrN5O2. The summed E-state index contributed by atoms with van der Waals surface area (Å²) in [5.74, 6) is -0.121. The Kier molecular flexibility index (Phi) is 3.33. The zero-order valence-corrected chi connectivity index (χ0v) is 10.4. The van der Waals surface area contributed by atoms with Crippen molar-refractivity contribution in [3.8, 4) is 6.01 Å².